The molecule has 0 saturated heterocycles. The molecule has 0 spiro atoms. The minimum Gasteiger partial charge on any atom is -0.326 e. The first-order chi connectivity index (χ1) is 14.9. The molecule has 0 saturated carbocycles. The van der Waals surface area contributed by atoms with Crippen molar-refractivity contribution in [2.75, 3.05) is 10.6 Å². The molecular weight excluding hydrogens is 441 g/mol. The summed E-state index contributed by atoms with van der Waals surface area (Å²) in [7, 11) is 0. The van der Waals surface area contributed by atoms with Gasteiger partial charge in [0.1, 0.15) is 5.82 Å². The largest absolute Gasteiger partial charge is 0.326 e. The number of anilines is 2. The lowest BCUT2D eigenvalue weighted by Gasteiger charge is -2.05. The molecule has 4 rings (SSSR count). The third-order valence-corrected chi connectivity index (χ3v) is 5.24. The van der Waals surface area contributed by atoms with Gasteiger partial charge in [-0.1, -0.05) is 11.6 Å². The smallest absolute Gasteiger partial charge is 0.260 e. The molecule has 0 radical (unpaired) electrons. The van der Waals surface area contributed by atoms with Crippen molar-refractivity contribution in [3.05, 3.63) is 76.6 Å². The molecule has 2 amide bonds. The lowest BCUT2D eigenvalue weighted by molar-refractivity contribution is -0.114. The van der Waals surface area contributed by atoms with Crippen LogP contribution in [-0.2, 0) is 4.79 Å². The van der Waals surface area contributed by atoms with Crippen molar-refractivity contribution in [1.29, 1.82) is 0 Å². The maximum Gasteiger partial charge on any atom is 0.260 e. The van der Waals surface area contributed by atoms with Crippen LogP contribution in [0.3, 0.4) is 0 Å². The highest BCUT2D eigenvalue weighted by Crippen LogP contribution is 2.29. The predicted octanol–water partition coefficient (Wildman–Crippen LogP) is 5.00. The highest BCUT2D eigenvalue weighted by Gasteiger charge is 2.14. The minimum atomic E-state index is -0.529. The van der Waals surface area contributed by atoms with Crippen LogP contribution in [0.4, 0.5) is 15.2 Å². The third-order valence-electron chi connectivity index (χ3n) is 4.23. The molecule has 2 heterocycles. The Hall–Kier alpha value is -3.56. The fourth-order valence-corrected chi connectivity index (χ4v) is 3.63. The number of aromatic nitrogens is 3. The van der Waals surface area contributed by atoms with E-state index in [1.807, 2.05) is 0 Å². The molecule has 156 valence electrons. The van der Waals surface area contributed by atoms with E-state index in [0.29, 0.717) is 27.1 Å². The van der Waals surface area contributed by atoms with Crippen molar-refractivity contribution in [2.45, 2.75) is 6.92 Å². The Kier molecular flexibility index (Phi) is 5.79. The zero-order valence-corrected chi connectivity index (χ0v) is 17.7. The SMILES string of the molecule is CC(=O)Nc1ccc(-c2csc(NC(=O)c3cnn(-c4ccc(Cl)cc4)c3)n2)c(F)c1. The Morgan fingerprint density at radius 1 is 1.13 bits per heavy atom. The summed E-state index contributed by atoms with van der Waals surface area (Å²) in [4.78, 5) is 27.9. The summed E-state index contributed by atoms with van der Waals surface area (Å²) in [6, 6.07) is 11.4. The summed E-state index contributed by atoms with van der Waals surface area (Å²) < 4.78 is 16.0. The first-order valence-electron chi connectivity index (χ1n) is 9.04. The van der Waals surface area contributed by atoms with Gasteiger partial charge in [-0.15, -0.1) is 11.3 Å². The molecule has 0 fully saturated rings. The standard InChI is InChI=1S/C21H15ClFN5O2S/c1-12(29)25-15-4-7-17(18(23)8-15)19-11-31-21(26-19)27-20(30)13-9-24-28(10-13)16-5-2-14(22)3-6-16/h2-11H,1H3,(H,25,29)(H,26,27,30). The van der Waals surface area contributed by atoms with Crippen LogP contribution in [-0.4, -0.2) is 26.6 Å². The zero-order chi connectivity index (χ0) is 22.0. The lowest BCUT2D eigenvalue weighted by atomic mass is 10.1. The van der Waals surface area contributed by atoms with E-state index in [0.717, 1.165) is 5.69 Å². The molecular formula is C21H15ClFN5O2S. The molecule has 2 aromatic carbocycles. The van der Waals surface area contributed by atoms with Gasteiger partial charge in [0.2, 0.25) is 5.91 Å². The van der Waals surface area contributed by atoms with Gasteiger partial charge in [-0.3, -0.25) is 14.9 Å². The molecule has 10 heteroatoms. The van der Waals surface area contributed by atoms with E-state index in [2.05, 4.69) is 20.7 Å². The first-order valence-corrected chi connectivity index (χ1v) is 10.3. The normalized spacial score (nSPS) is 10.7. The fraction of sp³-hybridized carbons (Fsp3) is 0.0476. The molecule has 0 aliphatic carbocycles. The average Bonchev–Trinajstić information content (AvgIpc) is 3.38. The Bertz CT molecular complexity index is 1270. The number of benzene rings is 2. The number of rotatable bonds is 5. The van der Waals surface area contributed by atoms with Crippen LogP contribution in [0.2, 0.25) is 5.02 Å². The van der Waals surface area contributed by atoms with Gasteiger partial charge in [0.15, 0.2) is 5.13 Å². The molecule has 0 unspecified atom stereocenters. The van der Waals surface area contributed by atoms with Crippen LogP contribution in [0.5, 0.6) is 0 Å². The van der Waals surface area contributed by atoms with Crippen LogP contribution in [0.1, 0.15) is 17.3 Å². The topological polar surface area (TPSA) is 88.9 Å². The number of thiazole rings is 1. The second-order valence-corrected chi connectivity index (χ2v) is 7.81. The number of nitrogens with zero attached hydrogens (tertiary/aromatic N) is 3. The zero-order valence-electron chi connectivity index (χ0n) is 16.1. The van der Waals surface area contributed by atoms with Crippen LogP contribution in [0.15, 0.2) is 60.2 Å². The Morgan fingerprint density at radius 2 is 1.90 bits per heavy atom. The number of hydrogen-bond acceptors (Lipinski definition) is 5. The summed E-state index contributed by atoms with van der Waals surface area (Å²) in [6.45, 7) is 1.35. The van der Waals surface area contributed by atoms with Gasteiger partial charge in [-0.2, -0.15) is 5.10 Å². The Labute approximate surface area is 185 Å². The van der Waals surface area contributed by atoms with Gasteiger partial charge in [-0.25, -0.2) is 14.1 Å². The van der Waals surface area contributed by atoms with Crippen molar-refractivity contribution in [3.63, 3.8) is 0 Å². The van der Waals surface area contributed by atoms with Crippen molar-refractivity contribution in [2.24, 2.45) is 0 Å². The van der Waals surface area contributed by atoms with Crippen molar-refractivity contribution < 1.29 is 14.0 Å². The maximum atomic E-state index is 14.4. The molecule has 0 aliphatic rings. The second kappa shape index (κ2) is 8.66. The van der Waals surface area contributed by atoms with Crippen molar-refractivity contribution in [1.82, 2.24) is 14.8 Å². The van der Waals surface area contributed by atoms with E-state index >= 15 is 0 Å². The van der Waals surface area contributed by atoms with E-state index in [1.54, 1.807) is 46.6 Å². The van der Waals surface area contributed by atoms with Crippen LogP contribution in [0.25, 0.3) is 16.9 Å². The molecule has 31 heavy (non-hydrogen) atoms. The summed E-state index contributed by atoms with van der Waals surface area (Å²) in [5, 5.41) is 12.0. The maximum absolute atomic E-state index is 14.4. The first kappa shape index (κ1) is 20.7. The van der Waals surface area contributed by atoms with Gasteiger partial charge in [0.25, 0.3) is 5.91 Å². The fourth-order valence-electron chi connectivity index (χ4n) is 2.80. The number of halogens is 2. The summed E-state index contributed by atoms with van der Waals surface area (Å²) in [5.41, 5.74) is 2.11. The molecule has 0 atom stereocenters. The molecule has 7 nitrogen and oxygen atoms in total. The summed E-state index contributed by atoms with van der Waals surface area (Å²) in [5.74, 6) is -1.20. The van der Waals surface area contributed by atoms with E-state index in [1.165, 1.54) is 36.6 Å². The average molecular weight is 456 g/mol. The lowest BCUT2D eigenvalue weighted by Crippen LogP contribution is -2.10. The second-order valence-electron chi connectivity index (χ2n) is 6.52. The third kappa shape index (κ3) is 4.79. The van der Waals surface area contributed by atoms with Crippen LogP contribution in [0, 0.1) is 5.82 Å². The van der Waals surface area contributed by atoms with Gasteiger partial charge >= 0.3 is 0 Å². The predicted molar refractivity (Wildman–Crippen MR) is 118 cm³/mol. The molecule has 2 N–H and O–H groups in total. The quantitative estimate of drug-likeness (QED) is 0.443. The highest BCUT2D eigenvalue weighted by atomic mass is 35.5. The molecule has 0 bridgehead atoms. The summed E-state index contributed by atoms with van der Waals surface area (Å²) >= 11 is 7.06. The van der Waals surface area contributed by atoms with Crippen molar-refractivity contribution in [3.8, 4) is 16.9 Å². The van der Waals surface area contributed by atoms with E-state index in [4.69, 9.17) is 11.6 Å². The van der Waals surface area contributed by atoms with E-state index in [-0.39, 0.29) is 17.4 Å². The van der Waals surface area contributed by atoms with E-state index in [9.17, 15) is 14.0 Å². The van der Waals surface area contributed by atoms with E-state index < -0.39 is 5.82 Å². The number of nitrogens with one attached hydrogen (secondary N) is 2. The van der Waals surface area contributed by atoms with Crippen molar-refractivity contribution >= 4 is 45.6 Å². The number of hydrogen-bond donors (Lipinski definition) is 2. The van der Waals surface area contributed by atoms with Gasteiger partial charge in [0.05, 0.1) is 23.1 Å². The monoisotopic (exact) mass is 455 g/mol. The molecule has 0 aliphatic heterocycles. The van der Waals surface area contributed by atoms with Gasteiger partial charge in [0, 0.05) is 34.8 Å². The molecule has 4 aromatic rings. The Morgan fingerprint density at radius 3 is 2.61 bits per heavy atom. The molecule has 2 aromatic heterocycles. The van der Waals surface area contributed by atoms with Crippen LogP contribution >= 0.6 is 22.9 Å². The number of amides is 2. The summed E-state index contributed by atoms with van der Waals surface area (Å²) in [6.07, 6.45) is 3.03. The minimum absolute atomic E-state index is 0.265. The Balaban J connectivity index is 1.47. The number of carbonyl (C=O) groups is 2. The highest BCUT2D eigenvalue weighted by molar-refractivity contribution is 7.14. The van der Waals surface area contributed by atoms with Gasteiger partial charge < -0.3 is 5.32 Å². The van der Waals surface area contributed by atoms with Crippen LogP contribution < -0.4 is 10.6 Å². The van der Waals surface area contributed by atoms with Gasteiger partial charge in [-0.05, 0) is 42.5 Å². The number of carbonyl (C=O) groups excluding carboxylic acids is 2.